The molecule has 0 bridgehead atoms. The molecule has 158 valence electrons. The molecule has 4 heteroatoms. The smallest absolute Gasteiger partial charge is 0.222 e. The maximum Gasteiger partial charge on any atom is 0.222 e. The molecule has 4 nitrogen and oxygen atoms in total. The second-order valence-corrected chi connectivity index (χ2v) is 8.76. The molecule has 2 fully saturated rings. The second-order valence-electron chi connectivity index (χ2n) is 8.76. The van der Waals surface area contributed by atoms with Gasteiger partial charge in [0, 0.05) is 32.6 Å². The number of unbranched alkanes of at least 4 members (excludes halogenated alkanes) is 9. The maximum absolute atomic E-state index is 12.2. The summed E-state index contributed by atoms with van der Waals surface area (Å²) < 4.78 is 5.82. The molecule has 0 aromatic carbocycles. The molecule has 2 atom stereocenters. The Hall–Kier alpha value is -0.610. The average Bonchev–Trinajstić information content (AvgIpc) is 3.42. The van der Waals surface area contributed by atoms with Crippen molar-refractivity contribution in [3.8, 4) is 0 Å². The van der Waals surface area contributed by atoms with E-state index in [-0.39, 0.29) is 0 Å². The van der Waals surface area contributed by atoms with Gasteiger partial charge in [-0.2, -0.15) is 0 Å². The summed E-state index contributed by atoms with van der Waals surface area (Å²) in [5.41, 5.74) is 0. The van der Waals surface area contributed by atoms with E-state index in [1.807, 2.05) is 4.90 Å². The van der Waals surface area contributed by atoms with Gasteiger partial charge in [-0.3, -0.25) is 4.79 Å². The standard InChI is InChI=1S/C23H44N2O2/c1-3-4-5-6-8-11-14-21-22(27-21)15-12-9-7-10-13-16-23(26)25-19-17-24(2)18-20-25/h21-22H,3-20H2,1-2H3/t21-,22-/m0/s1. The minimum Gasteiger partial charge on any atom is -0.370 e. The van der Waals surface area contributed by atoms with Gasteiger partial charge in [0.1, 0.15) is 0 Å². The zero-order chi connectivity index (χ0) is 19.3. The molecule has 0 saturated carbocycles. The zero-order valence-corrected chi connectivity index (χ0v) is 18.1. The minimum atomic E-state index is 0.368. The lowest BCUT2D eigenvalue weighted by Crippen LogP contribution is -2.47. The topological polar surface area (TPSA) is 36.1 Å². The average molecular weight is 381 g/mol. The fourth-order valence-electron chi connectivity index (χ4n) is 4.18. The number of carbonyl (C=O) groups is 1. The van der Waals surface area contributed by atoms with Crippen molar-refractivity contribution in [3.05, 3.63) is 0 Å². The van der Waals surface area contributed by atoms with Crippen molar-refractivity contribution in [2.75, 3.05) is 33.2 Å². The molecule has 0 aromatic heterocycles. The van der Waals surface area contributed by atoms with Crippen LogP contribution in [0.5, 0.6) is 0 Å². The van der Waals surface area contributed by atoms with Gasteiger partial charge in [-0.15, -0.1) is 0 Å². The van der Waals surface area contributed by atoms with E-state index in [4.69, 9.17) is 4.74 Å². The van der Waals surface area contributed by atoms with Gasteiger partial charge in [0.25, 0.3) is 0 Å². The van der Waals surface area contributed by atoms with E-state index in [9.17, 15) is 4.79 Å². The van der Waals surface area contributed by atoms with Crippen molar-refractivity contribution in [2.45, 2.75) is 109 Å². The largest absolute Gasteiger partial charge is 0.370 e. The van der Waals surface area contributed by atoms with Gasteiger partial charge < -0.3 is 14.5 Å². The number of nitrogens with zero attached hydrogens (tertiary/aromatic N) is 2. The monoisotopic (exact) mass is 380 g/mol. The van der Waals surface area contributed by atoms with Crippen LogP contribution < -0.4 is 0 Å². The van der Waals surface area contributed by atoms with Crippen molar-refractivity contribution < 1.29 is 9.53 Å². The van der Waals surface area contributed by atoms with E-state index in [0.29, 0.717) is 18.1 Å². The molecule has 0 N–H and O–H groups in total. The quantitative estimate of drug-likeness (QED) is 0.296. The number of hydrogen-bond donors (Lipinski definition) is 0. The molecule has 2 saturated heterocycles. The Kier molecular flexibility index (Phi) is 11.4. The van der Waals surface area contributed by atoms with Gasteiger partial charge in [-0.1, -0.05) is 71.1 Å². The first-order chi connectivity index (χ1) is 13.2. The highest BCUT2D eigenvalue weighted by atomic mass is 16.6. The molecule has 0 aliphatic carbocycles. The first-order valence-corrected chi connectivity index (χ1v) is 11.8. The van der Waals surface area contributed by atoms with Crippen LogP contribution in [0.25, 0.3) is 0 Å². The predicted molar refractivity (Wildman–Crippen MR) is 113 cm³/mol. The third-order valence-corrected chi connectivity index (χ3v) is 6.27. The highest BCUT2D eigenvalue weighted by Gasteiger charge is 2.36. The van der Waals surface area contributed by atoms with Crippen molar-refractivity contribution in [2.24, 2.45) is 0 Å². The van der Waals surface area contributed by atoms with Crippen molar-refractivity contribution in [3.63, 3.8) is 0 Å². The minimum absolute atomic E-state index is 0.368. The van der Waals surface area contributed by atoms with E-state index in [2.05, 4.69) is 18.9 Å². The van der Waals surface area contributed by atoms with E-state index in [0.717, 1.165) is 39.0 Å². The molecular weight excluding hydrogens is 336 g/mol. The first kappa shape index (κ1) is 22.7. The number of rotatable bonds is 15. The van der Waals surface area contributed by atoms with Crippen LogP contribution in [-0.2, 0) is 9.53 Å². The summed E-state index contributed by atoms with van der Waals surface area (Å²) in [5.74, 6) is 0.368. The van der Waals surface area contributed by atoms with Crippen LogP contribution in [0.4, 0.5) is 0 Å². The van der Waals surface area contributed by atoms with E-state index >= 15 is 0 Å². The lowest BCUT2D eigenvalue weighted by atomic mass is 10.0. The number of hydrogen-bond acceptors (Lipinski definition) is 3. The van der Waals surface area contributed by atoms with Crippen LogP contribution in [0.2, 0.25) is 0 Å². The maximum atomic E-state index is 12.2. The van der Waals surface area contributed by atoms with E-state index < -0.39 is 0 Å². The Morgan fingerprint density at radius 2 is 1.30 bits per heavy atom. The molecule has 27 heavy (non-hydrogen) atoms. The Morgan fingerprint density at radius 3 is 1.89 bits per heavy atom. The third kappa shape index (κ3) is 9.94. The molecule has 0 aromatic rings. The van der Waals surface area contributed by atoms with E-state index in [1.54, 1.807) is 0 Å². The number of amides is 1. The van der Waals surface area contributed by atoms with Gasteiger partial charge in [0.05, 0.1) is 12.2 Å². The molecule has 2 heterocycles. The molecule has 0 unspecified atom stereocenters. The molecule has 2 rings (SSSR count). The number of epoxide rings is 1. The summed E-state index contributed by atoms with van der Waals surface area (Å²) in [6.45, 7) is 6.15. The van der Waals surface area contributed by atoms with E-state index in [1.165, 1.54) is 77.0 Å². The fourth-order valence-corrected chi connectivity index (χ4v) is 4.18. The summed E-state index contributed by atoms with van der Waals surface area (Å²) in [4.78, 5) is 16.5. The van der Waals surface area contributed by atoms with Crippen LogP contribution in [0, 0.1) is 0 Å². The van der Waals surface area contributed by atoms with Crippen LogP contribution >= 0.6 is 0 Å². The summed E-state index contributed by atoms with van der Waals surface area (Å²) in [5, 5.41) is 0. The summed E-state index contributed by atoms with van der Waals surface area (Å²) in [6, 6.07) is 0. The van der Waals surface area contributed by atoms with Crippen LogP contribution in [0.15, 0.2) is 0 Å². The van der Waals surface area contributed by atoms with Crippen molar-refractivity contribution in [1.29, 1.82) is 0 Å². The van der Waals surface area contributed by atoms with Gasteiger partial charge >= 0.3 is 0 Å². The highest BCUT2D eigenvalue weighted by Crippen LogP contribution is 2.31. The molecule has 1 amide bonds. The Morgan fingerprint density at radius 1 is 0.778 bits per heavy atom. The second kappa shape index (κ2) is 13.5. The van der Waals surface area contributed by atoms with Gasteiger partial charge in [0.15, 0.2) is 0 Å². The molecular formula is C23H44N2O2. The lowest BCUT2D eigenvalue weighted by molar-refractivity contribution is -0.132. The SMILES string of the molecule is CCCCCCCC[C@@H]1O[C@H]1CCCCCCCC(=O)N1CCN(C)CC1. The van der Waals surface area contributed by atoms with Crippen LogP contribution in [0.1, 0.15) is 96.8 Å². The fraction of sp³-hybridized carbons (Fsp3) is 0.957. The van der Waals surface area contributed by atoms with Gasteiger partial charge in [-0.05, 0) is 26.3 Å². The Bertz CT molecular complexity index is 394. The summed E-state index contributed by atoms with van der Waals surface area (Å²) >= 11 is 0. The third-order valence-electron chi connectivity index (χ3n) is 6.27. The predicted octanol–water partition coefficient (Wildman–Crippen LogP) is 5.01. The number of likely N-dealkylation sites (N-methyl/N-ethyl adjacent to an activating group) is 1. The first-order valence-electron chi connectivity index (χ1n) is 11.8. The molecule has 0 radical (unpaired) electrons. The summed E-state index contributed by atoms with van der Waals surface area (Å²) in [7, 11) is 2.13. The highest BCUT2D eigenvalue weighted by molar-refractivity contribution is 5.76. The van der Waals surface area contributed by atoms with Crippen molar-refractivity contribution >= 4 is 5.91 Å². The lowest BCUT2D eigenvalue weighted by Gasteiger charge is -2.32. The molecule has 0 spiro atoms. The summed E-state index contributed by atoms with van der Waals surface area (Å²) in [6.07, 6.45) is 18.8. The zero-order valence-electron chi connectivity index (χ0n) is 18.1. The van der Waals surface area contributed by atoms with Crippen LogP contribution in [0.3, 0.4) is 0 Å². The number of piperazine rings is 1. The Balaban J connectivity index is 1.33. The van der Waals surface area contributed by atoms with Gasteiger partial charge in [0.2, 0.25) is 5.91 Å². The Labute approximate surface area is 168 Å². The number of carbonyl (C=O) groups excluding carboxylic acids is 1. The molecule has 2 aliphatic heterocycles. The normalized spacial score (nSPS) is 23.0. The van der Waals surface area contributed by atoms with Crippen LogP contribution in [-0.4, -0.2) is 61.1 Å². The molecule has 2 aliphatic rings. The number of ether oxygens (including phenoxy) is 1. The van der Waals surface area contributed by atoms with Gasteiger partial charge in [-0.25, -0.2) is 0 Å². The van der Waals surface area contributed by atoms with Crippen molar-refractivity contribution in [1.82, 2.24) is 9.80 Å².